The Labute approximate surface area is 196 Å². The number of para-hydroxylation sites is 2. The fraction of sp³-hybridized carbons (Fsp3) is 0.654. The summed E-state index contributed by atoms with van der Waals surface area (Å²) in [6.45, 7) is 7.33. The standard InChI is InChI=1S/C26H38N4O3/c1-19(2)33-17-11-16-30-24(31)23-28-21-14-9-10-15-22(21)29(23)18-26(30,3)25(32)27-20-12-7-5-4-6-8-13-20/h9-10,14-15,19-20H,4-8,11-13,16-18H2,1-3H3,(H,27,32)/t26-/m1/s1. The number of ether oxygens (including phenoxy) is 1. The van der Waals surface area contributed by atoms with Crippen molar-refractivity contribution in [1.29, 1.82) is 0 Å². The van der Waals surface area contributed by atoms with Gasteiger partial charge in [0.25, 0.3) is 5.91 Å². The second-order valence-electron chi connectivity index (χ2n) is 10.0. The Morgan fingerprint density at radius 1 is 1.18 bits per heavy atom. The van der Waals surface area contributed by atoms with E-state index in [4.69, 9.17) is 4.74 Å². The molecule has 7 nitrogen and oxygen atoms in total. The van der Waals surface area contributed by atoms with Crippen molar-refractivity contribution in [2.45, 2.75) is 96.4 Å². The highest BCUT2D eigenvalue weighted by molar-refractivity contribution is 6.01. The number of fused-ring (bicyclic) bond motifs is 3. The molecule has 180 valence electrons. The molecule has 1 aromatic heterocycles. The van der Waals surface area contributed by atoms with Crippen LogP contribution in [0.1, 0.15) is 82.8 Å². The summed E-state index contributed by atoms with van der Waals surface area (Å²) in [5.41, 5.74) is 0.704. The lowest BCUT2D eigenvalue weighted by Crippen LogP contribution is -2.65. The highest BCUT2D eigenvalue weighted by Crippen LogP contribution is 2.31. The normalized spacial score (nSPS) is 22.3. The van der Waals surface area contributed by atoms with Gasteiger partial charge in [-0.25, -0.2) is 4.98 Å². The quantitative estimate of drug-likeness (QED) is 0.633. The number of aromatic nitrogens is 2. The number of amides is 2. The molecule has 2 heterocycles. The minimum Gasteiger partial charge on any atom is -0.379 e. The summed E-state index contributed by atoms with van der Waals surface area (Å²) in [5, 5.41) is 3.33. The molecule has 1 saturated carbocycles. The molecule has 1 N–H and O–H groups in total. The second-order valence-corrected chi connectivity index (χ2v) is 10.0. The Kier molecular flexibility index (Phi) is 7.37. The number of rotatable bonds is 7. The lowest BCUT2D eigenvalue weighted by molar-refractivity contribution is -0.133. The molecule has 0 saturated heterocycles. The fourth-order valence-electron chi connectivity index (χ4n) is 5.16. The summed E-state index contributed by atoms with van der Waals surface area (Å²) < 4.78 is 7.63. The molecule has 1 aliphatic carbocycles. The van der Waals surface area contributed by atoms with Crippen LogP contribution in [-0.4, -0.2) is 57.1 Å². The fourth-order valence-corrected chi connectivity index (χ4v) is 5.16. The van der Waals surface area contributed by atoms with Crippen molar-refractivity contribution in [3.05, 3.63) is 30.1 Å². The number of imidazole rings is 1. The first-order valence-corrected chi connectivity index (χ1v) is 12.6. The van der Waals surface area contributed by atoms with Gasteiger partial charge in [0.2, 0.25) is 5.91 Å². The minimum absolute atomic E-state index is 0.0605. The third-order valence-electron chi connectivity index (χ3n) is 7.06. The number of hydrogen-bond acceptors (Lipinski definition) is 4. The molecule has 2 aliphatic rings. The van der Waals surface area contributed by atoms with E-state index in [9.17, 15) is 9.59 Å². The molecule has 0 bridgehead atoms. The lowest BCUT2D eigenvalue weighted by Gasteiger charge is -2.44. The maximum atomic E-state index is 13.8. The Morgan fingerprint density at radius 3 is 2.61 bits per heavy atom. The number of hydrogen-bond donors (Lipinski definition) is 1. The smallest absolute Gasteiger partial charge is 0.290 e. The summed E-state index contributed by atoms with van der Waals surface area (Å²) in [7, 11) is 0. The van der Waals surface area contributed by atoms with Gasteiger partial charge >= 0.3 is 0 Å². The van der Waals surface area contributed by atoms with Gasteiger partial charge in [0, 0.05) is 19.2 Å². The van der Waals surface area contributed by atoms with E-state index in [1.807, 2.05) is 49.6 Å². The van der Waals surface area contributed by atoms with E-state index < -0.39 is 5.54 Å². The van der Waals surface area contributed by atoms with Crippen molar-refractivity contribution < 1.29 is 14.3 Å². The van der Waals surface area contributed by atoms with Crippen LogP contribution in [0.2, 0.25) is 0 Å². The molecule has 1 atom stereocenters. The third kappa shape index (κ3) is 5.08. The molecule has 1 fully saturated rings. The van der Waals surface area contributed by atoms with Crippen LogP contribution in [0.3, 0.4) is 0 Å². The zero-order valence-corrected chi connectivity index (χ0v) is 20.3. The van der Waals surface area contributed by atoms with Crippen molar-refractivity contribution >= 4 is 22.8 Å². The van der Waals surface area contributed by atoms with Gasteiger partial charge in [0.15, 0.2) is 5.82 Å². The van der Waals surface area contributed by atoms with E-state index >= 15 is 0 Å². The van der Waals surface area contributed by atoms with E-state index in [-0.39, 0.29) is 24.0 Å². The monoisotopic (exact) mass is 454 g/mol. The Bertz CT molecular complexity index is 977. The van der Waals surface area contributed by atoms with Crippen LogP contribution >= 0.6 is 0 Å². The molecule has 1 aliphatic heterocycles. The van der Waals surface area contributed by atoms with Crippen molar-refractivity contribution in [2.24, 2.45) is 0 Å². The zero-order chi connectivity index (χ0) is 23.4. The average molecular weight is 455 g/mol. The molecular weight excluding hydrogens is 416 g/mol. The van der Waals surface area contributed by atoms with Crippen LogP contribution in [0, 0.1) is 0 Å². The molecule has 0 spiro atoms. The van der Waals surface area contributed by atoms with Gasteiger partial charge in [-0.05, 0) is 52.2 Å². The van der Waals surface area contributed by atoms with E-state index in [2.05, 4.69) is 10.3 Å². The molecule has 2 aromatic rings. The summed E-state index contributed by atoms with van der Waals surface area (Å²) in [6.07, 6.45) is 8.88. The first-order valence-electron chi connectivity index (χ1n) is 12.6. The number of nitrogens with one attached hydrogen (secondary N) is 1. The third-order valence-corrected chi connectivity index (χ3v) is 7.06. The van der Waals surface area contributed by atoms with E-state index in [0.29, 0.717) is 31.9 Å². The number of carbonyl (C=O) groups is 2. The summed E-state index contributed by atoms with van der Waals surface area (Å²) >= 11 is 0. The summed E-state index contributed by atoms with van der Waals surface area (Å²) in [6, 6.07) is 7.94. The van der Waals surface area contributed by atoms with Gasteiger partial charge in [0.1, 0.15) is 5.54 Å². The van der Waals surface area contributed by atoms with Gasteiger partial charge in [-0.2, -0.15) is 0 Å². The predicted molar refractivity (Wildman–Crippen MR) is 129 cm³/mol. The van der Waals surface area contributed by atoms with Crippen LogP contribution in [0.15, 0.2) is 24.3 Å². The summed E-state index contributed by atoms with van der Waals surface area (Å²) in [4.78, 5) is 33.8. The van der Waals surface area contributed by atoms with Gasteiger partial charge < -0.3 is 19.5 Å². The highest BCUT2D eigenvalue weighted by Gasteiger charge is 2.48. The van der Waals surface area contributed by atoms with Gasteiger partial charge in [-0.1, -0.05) is 44.2 Å². The highest BCUT2D eigenvalue weighted by atomic mass is 16.5. The van der Waals surface area contributed by atoms with Crippen LogP contribution in [0.4, 0.5) is 0 Å². The van der Waals surface area contributed by atoms with Crippen molar-refractivity contribution in [3.8, 4) is 0 Å². The van der Waals surface area contributed by atoms with Gasteiger partial charge in [-0.15, -0.1) is 0 Å². The molecule has 0 unspecified atom stereocenters. The number of nitrogens with zero attached hydrogens (tertiary/aromatic N) is 3. The van der Waals surface area contributed by atoms with Crippen LogP contribution < -0.4 is 5.32 Å². The molecule has 2 amide bonds. The van der Waals surface area contributed by atoms with E-state index in [1.165, 1.54) is 19.3 Å². The summed E-state index contributed by atoms with van der Waals surface area (Å²) in [5.74, 6) is 0.171. The van der Waals surface area contributed by atoms with Crippen molar-refractivity contribution in [1.82, 2.24) is 19.8 Å². The van der Waals surface area contributed by atoms with E-state index in [1.54, 1.807) is 4.90 Å². The van der Waals surface area contributed by atoms with Crippen molar-refractivity contribution in [3.63, 3.8) is 0 Å². The molecule has 4 rings (SSSR count). The Hall–Kier alpha value is -2.41. The maximum absolute atomic E-state index is 13.8. The first-order chi connectivity index (χ1) is 15.9. The molecule has 33 heavy (non-hydrogen) atoms. The van der Waals surface area contributed by atoms with Crippen LogP contribution in [0.25, 0.3) is 11.0 Å². The first kappa shape index (κ1) is 23.7. The second kappa shape index (κ2) is 10.2. The van der Waals surface area contributed by atoms with Gasteiger partial charge in [-0.3, -0.25) is 9.59 Å². The predicted octanol–water partition coefficient (Wildman–Crippen LogP) is 4.30. The molecule has 0 radical (unpaired) electrons. The number of carbonyl (C=O) groups excluding carboxylic acids is 2. The molecular formula is C26H38N4O3. The lowest BCUT2D eigenvalue weighted by atomic mass is 9.92. The SMILES string of the molecule is CC(C)OCCCN1C(=O)c2nc3ccccc3n2C[C@]1(C)C(=O)NC1CCCCCCC1. The van der Waals surface area contributed by atoms with E-state index in [0.717, 1.165) is 36.7 Å². The number of benzene rings is 1. The Balaban J connectivity index is 1.61. The average Bonchev–Trinajstić information content (AvgIpc) is 3.13. The Morgan fingerprint density at radius 2 is 1.88 bits per heavy atom. The van der Waals surface area contributed by atoms with Crippen LogP contribution in [-0.2, 0) is 16.1 Å². The van der Waals surface area contributed by atoms with Crippen LogP contribution in [0.5, 0.6) is 0 Å². The maximum Gasteiger partial charge on any atom is 0.290 e. The molecule has 7 heteroatoms. The van der Waals surface area contributed by atoms with Gasteiger partial charge in [0.05, 0.1) is 23.7 Å². The minimum atomic E-state index is -0.978. The molecule has 1 aromatic carbocycles. The zero-order valence-electron chi connectivity index (χ0n) is 20.3. The topological polar surface area (TPSA) is 76.5 Å². The largest absolute Gasteiger partial charge is 0.379 e. The van der Waals surface area contributed by atoms with Crippen molar-refractivity contribution in [2.75, 3.05) is 13.2 Å².